The Morgan fingerprint density at radius 2 is 1.76 bits per heavy atom. The first-order valence-corrected chi connectivity index (χ1v) is 8.29. The molecule has 3 rings (SSSR count). The summed E-state index contributed by atoms with van der Waals surface area (Å²) in [5, 5.41) is 2.85. The molecule has 1 heterocycles. The van der Waals surface area contributed by atoms with Gasteiger partial charge in [-0.15, -0.1) is 0 Å². The van der Waals surface area contributed by atoms with E-state index in [1.54, 1.807) is 6.20 Å². The molecule has 2 N–H and O–H groups in total. The van der Waals surface area contributed by atoms with Crippen LogP contribution in [0.15, 0.2) is 66.9 Å². The molecular formula is C20H21N3O2. The number of H-pyrrole nitrogens is 1. The van der Waals surface area contributed by atoms with Gasteiger partial charge >= 0.3 is 0 Å². The summed E-state index contributed by atoms with van der Waals surface area (Å²) in [7, 11) is 0. The average Bonchev–Trinajstić information content (AvgIpc) is 3.14. The molecule has 0 aliphatic rings. The molecule has 1 aromatic heterocycles. The largest absolute Gasteiger partial charge is 0.376 e. The predicted octanol–water partition coefficient (Wildman–Crippen LogP) is 3.30. The number of carbonyl (C=O) groups is 1. The van der Waals surface area contributed by atoms with Crippen molar-refractivity contribution in [2.45, 2.75) is 19.6 Å². The Labute approximate surface area is 147 Å². The van der Waals surface area contributed by atoms with E-state index in [2.05, 4.69) is 15.3 Å². The molecule has 128 valence electrons. The number of nitrogens with one attached hydrogen (secondary N) is 2. The van der Waals surface area contributed by atoms with Crippen molar-refractivity contribution in [2.75, 3.05) is 6.61 Å². The van der Waals surface area contributed by atoms with Gasteiger partial charge in [0.25, 0.3) is 0 Å². The molecule has 0 radical (unpaired) electrons. The number of aromatic nitrogens is 2. The standard InChI is InChI=1S/C20H21N3O2/c24-20(11-12-25-15-16-7-3-1-4-8-16)22-14-19-21-13-18(23-19)17-9-5-2-6-10-17/h1-10,13H,11-12,14-15H2,(H,21,23)(H,22,24). The van der Waals surface area contributed by atoms with Crippen LogP contribution in [0.5, 0.6) is 0 Å². The van der Waals surface area contributed by atoms with Crippen LogP contribution in [0, 0.1) is 0 Å². The smallest absolute Gasteiger partial charge is 0.222 e. The van der Waals surface area contributed by atoms with Crippen molar-refractivity contribution in [3.63, 3.8) is 0 Å². The van der Waals surface area contributed by atoms with Crippen molar-refractivity contribution >= 4 is 5.91 Å². The third kappa shape index (κ3) is 5.29. The number of benzene rings is 2. The first-order chi connectivity index (χ1) is 12.3. The molecule has 0 spiro atoms. The molecule has 0 unspecified atom stereocenters. The summed E-state index contributed by atoms with van der Waals surface area (Å²) in [5.74, 6) is 0.683. The minimum absolute atomic E-state index is 0.0503. The lowest BCUT2D eigenvalue weighted by Gasteiger charge is -2.05. The predicted molar refractivity (Wildman–Crippen MR) is 96.6 cm³/mol. The Hall–Kier alpha value is -2.92. The fraction of sp³-hybridized carbons (Fsp3) is 0.200. The maximum atomic E-state index is 11.9. The van der Waals surface area contributed by atoms with Crippen molar-refractivity contribution in [3.8, 4) is 11.3 Å². The number of hydrogen-bond donors (Lipinski definition) is 2. The number of ether oxygens (including phenoxy) is 1. The maximum Gasteiger partial charge on any atom is 0.222 e. The Bertz CT molecular complexity index is 785. The maximum absolute atomic E-state index is 11.9. The van der Waals surface area contributed by atoms with Crippen molar-refractivity contribution in [1.29, 1.82) is 0 Å². The van der Waals surface area contributed by atoms with Gasteiger partial charge in [-0.2, -0.15) is 0 Å². The van der Waals surface area contributed by atoms with Gasteiger partial charge in [0, 0.05) is 6.42 Å². The summed E-state index contributed by atoms with van der Waals surface area (Å²) >= 11 is 0. The fourth-order valence-electron chi connectivity index (χ4n) is 2.42. The van der Waals surface area contributed by atoms with Crippen molar-refractivity contribution in [1.82, 2.24) is 15.3 Å². The topological polar surface area (TPSA) is 67.0 Å². The van der Waals surface area contributed by atoms with Crippen LogP contribution >= 0.6 is 0 Å². The van der Waals surface area contributed by atoms with Gasteiger partial charge in [0.1, 0.15) is 5.82 Å². The molecule has 0 saturated heterocycles. The second kappa shape index (κ2) is 8.80. The van der Waals surface area contributed by atoms with E-state index in [9.17, 15) is 4.79 Å². The average molecular weight is 335 g/mol. The second-order valence-electron chi connectivity index (χ2n) is 5.67. The number of nitrogens with zero attached hydrogens (tertiary/aromatic N) is 1. The van der Waals surface area contributed by atoms with Gasteiger partial charge in [-0.05, 0) is 11.1 Å². The molecule has 0 atom stereocenters. The van der Waals surface area contributed by atoms with E-state index >= 15 is 0 Å². The molecule has 0 fully saturated rings. The number of carbonyl (C=O) groups excluding carboxylic acids is 1. The Kier molecular flexibility index (Phi) is 5.96. The van der Waals surface area contributed by atoms with E-state index in [0.29, 0.717) is 26.2 Å². The number of imidazole rings is 1. The molecule has 0 aliphatic heterocycles. The summed E-state index contributed by atoms with van der Waals surface area (Å²) in [4.78, 5) is 19.4. The van der Waals surface area contributed by atoms with Crippen LogP contribution in [0.2, 0.25) is 0 Å². The minimum Gasteiger partial charge on any atom is -0.376 e. The first kappa shape index (κ1) is 16.9. The van der Waals surface area contributed by atoms with Gasteiger partial charge in [0.05, 0.1) is 31.6 Å². The Balaban J connectivity index is 1.37. The van der Waals surface area contributed by atoms with Crippen LogP contribution < -0.4 is 5.32 Å². The van der Waals surface area contributed by atoms with E-state index in [1.807, 2.05) is 60.7 Å². The van der Waals surface area contributed by atoms with E-state index in [0.717, 1.165) is 22.6 Å². The number of aromatic amines is 1. The van der Waals surface area contributed by atoms with Crippen LogP contribution in [0.25, 0.3) is 11.3 Å². The summed E-state index contributed by atoms with van der Waals surface area (Å²) in [5.41, 5.74) is 3.12. The zero-order chi connectivity index (χ0) is 17.3. The van der Waals surface area contributed by atoms with Crippen LogP contribution in [-0.4, -0.2) is 22.5 Å². The number of hydrogen-bond acceptors (Lipinski definition) is 3. The van der Waals surface area contributed by atoms with Crippen LogP contribution in [0.1, 0.15) is 17.8 Å². The van der Waals surface area contributed by atoms with Gasteiger partial charge in [-0.25, -0.2) is 4.98 Å². The lowest BCUT2D eigenvalue weighted by Crippen LogP contribution is -2.24. The summed E-state index contributed by atoms with van der Waals surface area (Å²) in [6.07, 6.45) is 2.11. The highest BCUT2D eigenvalue weighted by molar-refractivity contribution is 5.75. The van der Waals surface area contributed by atoms with Gasteiger partial charge in [-0.1, -0.05) is 60.7 Å². The SMILES string of the molecule is O=C(CCOCc1ccccc1)NCc1ncc(-c2ccccc2)[nH]1. The molecule has 0 saturated carbocycles. The normalized spacial score (nSPS) is 10.6. The van der Waals surface area contributed by atoms with Crippen LogP contribution in [0.4, 0.5) is 0 Å². The first-order valence-electron chi connectivity index (χ1n) is 8.29. The molecule has 25 heavy (non-hydrogen) atoms. The van der Waals surface area contributed by atoms with Crippen molar-refractivity contribution in [2.24, 2.45) is 0 Å². The molecule has 0 aliphatic carbocycles. The monoisotopic (exact) mass is 335 g/mol. The van der Waals surface area contributed by atoms with Gasteiger partial charge in [0.2, 0.25) is 5.91 Å². The van der Waals surface area contributed by atoms with Crippen LogP contribution in [-0.2, 0) is 22.7 Å². The van der Waals surface area contributed by atoms with Gasteiger partial charge in [-0.3, -0.25) is 4.79 Å². The number of rotatable bonds is 8. The molecule has 5 heteroatoms. The molecule has 0 bridgehead atoms. The quantitative estimate of drug-likeness (QED) is 0.621. The highest BCUT2D eigenvalue weighted by Crippen LogP contribution is 2.15. The van der Waals surface area contributed by atoms with Crippen molar-refractivity contribution < 1.29 is 9.53 Å². The lowest BCUT2D eigenvalue weighted by atomic mass is 10.2. The molecule has 1 amide bonds. The summed E-state index contributed by atoms with van der Waals surface area (Å²) in [6, 6.07) is 19.9. The fourth-order valence-corrected chi connectivity index (χ4v) is 2.42. The summed E-state index contributed by atoms with van der Waals surface area (Å²) in [6.45, 7) is 1.30. The van der Waals surface area contributed by atoms with E-state index < -0.39 is 0 Å². The van der Waals surface area contributed by atoms with E-state index in [4.69, 9.17) is 4.74 Å². The molecule has 3 aromatic rings. The van der Waals surface area contributed by atoms with Crippen LogP contribution in [0.3, 0.4) is 0 Å². The molecule has 5 nitrogen and oxygen atoms in total. The van der Waals surface area contributed by atoms with E-state index in [1.165, 1.54) is 0 Å². The lowest BCUT2D eigenvalue weighted by molar-refractivity contribution is -0.122. The zero-order valence-electron chi connectivity index (χ0n) is 13.9. The third-order valence-corrected chi connectivity index (χ3v) is 3.75. The third-order valence-electron chi connectivity index (χ3n) is 3.75. The second-order valence-corrected chi connectivity index (χ2v) is 5.67. The summed E-state index contributed by atoms with van der Waals surface area (Å²) < 4.78 is 5.52. The minimum atomic E-state index is -0.0503. The Morgan fingerprint density at radius 3 is 2.52 bits per heavy atom. The zero-order valence-corrected chi connectivity index (χ0v) is 13.9. The van der Waals surface area contributed by atoms with Gasteiger partial charge in [0.15, 0.2) is 0 Å². The highest BCUT2D eigenvalue weighted by atomic mass is 16.5. The van der Waals surface area contributed by atoms with Crippen molar-refractivity contribution in [3.05, 3.63) is 78.2 Å². The number of amides is 1. The molecule has 2 aromatic carbocycles. The van der Waals surface area contributed by atoms with Gasteiger partial charge < -0.3 is 15.0 Å². The highest BCUT2D eigenvalue weighted by Gasteiger charge is 2.05. The Morgan fingerprint density at radius 1 is 1.04 bits per heavy atom. The molecular weight excluding hydrogens is 314 g/mol. The van der Waals surface area contributed by atoms with E-state index in [-0.39, 0.29) is 5.91 Å².